The zero-order chi connectivity index (χ0) is 19.9. The highest BCUT2D eigenvalue weighted by Gasteiger charge is 2.38. The van der Waals surface area contributed by atoms with Gasteiger partial charge in [-0.1, -0.05) is 0 Å². The van der Waals surface area contributed by atoms with Gasteiger partial charge in [0, 0.05) is 35.1 Å². The van der Waals surface area contributed by atoms with Crippen LogP contribution in [-0.4, -0.2) is 34.8 Å². The van der Waals surface area contributed by atoms with E-state index in [1.165, 1.54) is 12.1 Å². The van der Waals surface area contributed by atoms with Crippen LogP contribution >= 0.6 is 0 Å². The molecule has 144 valence electrons. The Hall–Kier alpha value is -3.19. The van der Waals surface area contributed by atoms with E-state index in [1.54, 1.807) is 12.3 Å². The molecule has 0 saturated carbocycles. The van der Waals surface area contributed by atoms with Crippen LogP contribution in [0.15, 0.2) is 48.4 Å². The van der Waals surface area contributed by atoms with Crippen molar-refractivity contribution < 1.29 is 19.0 Å². The van der Waals surface area contributed by atoms with Gasteiger partial charge >= 0.3 is 0 Å². The zero-order valence-electron chi connectivity index (χ0n) is 15.5. The van der Waals surface area contributed by atoms with Crippen molar-refractivity contribution in [3.8, 4) is 0 Å². The molecule has 2 aromatic rings. The highest BCUT2D eigenvalue weighted by molar-refractivity contribution is 6.32. The van der Waals surface area contributed by atoms with Crippen LogP contribution in [0.4, 0.5) is 15.9 Å². The van der Waals surface area contributed by atoms with Gasteiger partial charge in [0.25, 0.3) is 5.91 Å². The summed E-state index contributed by atoms with van der Waals surface area (Å²) >= 11 is 0. The van der Waals surface area contributed by atoms with Gasteiger partial charge in [-0.2, -0.15) is 0 Å². The molecule has 0 atom stereocenters. The number of aliphatic hydroxyl groups is 1. The molecule has 2 aliphatic heterocycles. The van der Waals surface area contributed by atoms with Crippen molar-refractivity contribution in [3.05, 3.63) is 65.3 Å². The highest BCUT2D eigenvalue weighted by atomic mass is 19.1. The monoisotopic (exact) mass is 381 g/mol. The van der Waals surface area contributed by atoms with E-state index in [2.05, 4.69) is 15.6 Å². The number of anilines is 2. The van der Waals surface area contributed by atoms with E-state index in [0.29, 0.717) is 34.9 Å². The number of fused-ring (bicyclic) bond motifs is 1. The van der Waals surface area contributed by atoms with Crippen LogP contribution in [0.5, 0.6) is 0 Å². The Kier molecular flexibility index (Phi) is 4.39. The average Bonchev–Trinajstić information content (AvgIpc) is 3.15. The summed E-state index contributed by atoms with van der Waals surface area (Å²) < 4.78 is 19.8. The fourth-order valence-corrected chi connectivity index (χ4v) is 3.44. The second-order valence-electron chi connectivity index (χ2n) is 7.14. The Morgan fingerprint density at radius 3 is 2.82 bits per heavy atom. The third-order valence-electron chi connectivity index (χ3n) is 4.75. The molecule has 0 radical (unpaired) electrons. The quantitative estimate of drug-likeness (QED) is 0.709. The summed E-state index contributed by atoms with van der Waals surface area (Å²) in [5.41, 5.74) is 2.43. The number of amides is 1. The SMILES string of the molecule is CC1(C)OC(=C2C(=O)Nc3ccc(F)cc32)C=C1c1ccc(NCCO)nc1. The van der Waals surface area contributed by atoms with Crippen molar-refractivity contribution in [2.75, 3.05) is 23.8 Å². The first-order valence-corrected chi connectivity index (χ1v) is 8.97. The molecule has 0 bridgehead atoms. The molecule has 3 heterocycles. The summed E-state index contributed by atoms with van der Waals surface area (Å²) in [6.45, 7) is 4.26. The predicted octanol–water partition coefficient (Wildman–Crippen LogP) is 3.18. The standard InChI is InChI=1S/C21H20FN3O3/c1-21(2)15(12-3-6-18(24-11-12)23-7-8-26)10-17(28-21)19-14-9-13(22)4-5-16(14)25-20(19)27/h3-6,9-11,26H,7-8H2,1-2H3,(H,23,24)(H,25,27). The van der Waals surface area contributed by atoms with E-state index >= 15 is 0 Å². The van der Waals surface area contributed by atoms with E-state index in [4.69, 9.17) is 9.84 Å². The number of nitrogens with zero attached hydrogens (tertiary/aromatic N) is 1. The van der Waals surface area contributed by atoms with E-state index in [1.807, 2.05) is 32.1 Å². The molecular weight excluding hydrogens is 361 g/mol. The lowest BCUT2D eigenvalue weighted by Crippen LogP contribution is -2.21. The number of carbonyl (C=O) groups is 1. The van der Waals surface area contributed by atoms with Crippen molar-refractivity contribution in [1.82, 2.24) is 4.98 Å². The fraction of sp³-hybridized carbons (Fsp3) is 0.238. The van der Waals surface area contributed by atoms with Gasteiger partial charge in [-0.25, -0.2) is 9.37 Å². The number of pyridine rings is 1. The summed E-state index contributed by atoms with van der Waals surface area (Å²) in [5, 5.41) is 14.6. The Labute approximate surface area is 161 Å². The van der Waals surface area contributed by atoms with Gasteiger partial charge in [-0.3, -0.25) is 4.79 Å². The maximum atomic E-state index is 13.7. The molecule has 1 amide bonds. The van der Waals surface area contributed by atoms with Gasteiger partial charge in [0.05, 0.1) is 12.2 Å². The molecule has 7 heteroatoms. The molecule has 6 nitrogen and oxygen atoms in total. The van der Waals surface area contributed by atoms with Crippen molar-refractivity contribution in [1.29, 1.82) is 0 Å². The first kappa shape index (κ1) is 18.2. The van der Waals surface area contributed by atoms with Crippen molar-refractivity contribution in [3.63, 3.8) is 0 Å². The molecule has 0 fully saturated rings. The van der Waals surface area contributed by atoms with E-state index in [-0.39, 0.29) is 12.5 Å². The summed E-state index contributed by atoms with van der Waals surface area (Å²) in [5.74, 6) is 0.341. The minimum Gasteiger partial charge on any atom is -0.482 e. The van der Waals surface area contributed by atoms with Crippen LogP contribution in [-0.2, 0) is 9.53 Å². The molecule has 0 aliphatic carbocycles. The number of allylic oxidation sites excluding steroid dienone is 1. The molecule has 1 aromatic heterocycles. The van der Waals surface area contributed by atoms with Gasteiger partial charge in [-0.05, 0) is 50.3 Å². The molecular formula is C21H20FN3O3. The molecule has 3 N–H and O–H groups in total. The normalized spacial score (nSPS) is 19.7. The first-order chi connectivity index (χ1) is 13.4. The molecule has 4 rings (SSSR count). The predicted molar refractivity (Wildman–Crippen MR) is 105 cm³/mol. The fourth-order valence-electron chi connectivity index (χ4n) is 3.44. The van der Waals surface area contributed by atoms with E-state index in [9.17, 15) is 9.18 Å². The minimum atomic E-state index is -0.680. The lowest BCUT2D eigenvalue weighted by molar-refractivity contribution is -0.111. The molecule has 0 spiro atoms. The summed E-state index contributed by atoms with van der Waals surface area (Å²) in [4.78, 5) is 16.8. The number of aliphatic hydroxyl groups excluding tert-OH is 1. The topological polar surface area (TPSA) is 83.5 Å². The summed E-state index contributed by atoms with van der Waals surface area (Å²) in [6.07, 6.45) is 3.53. The van der Waals surface area contributed by atoms with Crippen LogP contribution in [0.3, 0.4) is 0 Å². The maximum absolute atomic E-state index is 13.7. The van der Waals surface area contributed by atoms with Crippen molar-refractivity contribution >= 4 is 28.6 Å². The van der Waals surface area contributed by atoms with Gasteiger partial charge in [0.1, 0.15) is 23.0 Å². The van der Waals surface area contributed by atoms with E-state index < -0.39 is 11.4 Å². The van der Waals surface area contributed by atoms with Gasteiger partial charge < -0.3 is 20.5 Å². The third-order valence-corrected chi connectivity index (χ3v) is 4.75. The Balaban J connectivity index is 1.74. The summed E-state index contributed by atoms with van der Waals surface area (Å²) in [7, 11) is 0. The van der Waals surface area contributed by atoms with Crippen LogP contribution in [0.2, 0.25) is 0 Å². The van der Waals surface area contributed by atoms with Gasteiger partial charge in [0.2, 0.25) is 0 Å². The molecule has 0 unspecified atom stereocenters. The lowest BCUT2D eigenvalue weighted by Gasteiger charge is -2.23. The zero-order valence-corrected chi connectivity index (χ0v) is 15.5. The van der Waals surface area contributed by atoms with Crippen molar-refractivity contribution in [2.24, 2.45) is 0 Å². The van der Waals surface area contributed by atoms with Crippen LogP contribution in [0, 0.1) is 5.82 Å². The number of hydrogen-bond donors (Lipinski definition) is 3. The van der Waals surface area contributed by atoms with E-state index in [0.717, 1.165) is 11.1 Å². The Morgan fingerprint density at radius 2 is 2.11 bits per heavy atom. The molecule has 1 aromatic carbocycles. The maximum Gasteiger partial charge on any atom is 0.260 e. The molecule has 28 heavy (non-hydrogen) atoms. The Bertz CT molecular complexity index is 1010. The largest absolute Gasteiger partial charge is 0.482 e. The number of carbonyl (C=O) groups excluding carboxylic acids is 1. The minimum absolute atomic E-state index is 0.0243. The number of halogens is 1. The number of hydrogen-bond acceptors (Lipinski definition) is 5. The van der Waals surface area contributed by atoms with Gasteiger partial charge in [0.15, 0.2) is 0 Å². The molecule has 2 aliphatic rings. The smallest absolute Gasteiger partial charge is 0.260 e. The Morgan fingerprint density at radius 1 is 1.29 bits per heavy atom. The number of ether oxygens (including phenoxy) is 1. The van der Waals surface area contributed by atoms with Crippen LogP contribution in [0.1, 0.15) is 25.0 Å². The number of aromatic nitrogens is 1. The second kappa shape index (κ2) is 6.76. The number of nitrogens with one attached hydrogen (secondary N) is 2. The van der Waals surface area contributed by atoms with Crippen LogP contribution < -0.4 is 10.6 Å². The number of benzene rings is 1. The third kappa shape index (κ3) is 3.14. The molecule has 0 saturated heterocycles. The highest BCUT2D eigenvalue weighted by Crippen LogP contribution is 2.44. The second-order valence-corrected chi connectivity index (χ2v) is 7.14. The van der Waals surface area contributed by atoms with Crippen molar-refractivity contribution in [2.45, 2.75) is 19.4 Å². The average molecular weight is 381 g/mol. The first-order valence-electron chi connectivity index (χ1n) is 8.97. The lowest BCUT2D eigenvalue weighted by atomic mass is 9.93. The van der Waals surface area contributed by atoms with Gasteiger partial charge in [-0.15, -0.1) is 0 Å². The summed E-state index contributed by atoms with van der Waals surface area (Å²) in [6, 6.07) is 7.91. The number of rotatable bonds is 4. The van der Waals surface area contributed by atoms with Crippen LogP contribution in [0.25, 0.3) is 11.1 Å².